The Hall–Kier alpha value is -1.40. The topological polar surface area (TPSA) is 64.8 Å². The van der Waals surface area contributed by atoms with Gasteiger partial charge in [0, 0.05) is 22.3 Å². The molecule has 0 atom stereocenters. The van der Waals surface area contributed by atoms with Crippen molar-refractivity contribution < 1.29 is 8.42 Å². The normalized spacial score (nSPS) is 12.0. The predicted molar refractivity (Wildman–Crippen MR) is 77.7 cm³/mol. The standard InChI is InChI=1S/C13H16ClN3O2S/c1-3-10(4-2)12-15-16-13(20(14,18)19)17(12)11-8-6-5-7-9-11/h5-10H,3-4H2,1-2H3. The minimum atomic E-state index is -3.95. The minimum absolute atomic E-state index is 0.134. The molecule has 0 radical (unpaired) electrons. The predicted octanol–water partition coefficient (Wildman–Crippen LogP) is 3.10. The SMILES string of the molecule is CCC(CC)c1nnc(S(=O)(=O)Cl)n1-c1ccccc1. The van der Waals surface area contributed by atoms with Gasteiger partial charge in [0.2, 0.25) is 0 Å². The van der Waals surface area contributed by atoms with Gasteiger partial charge in [0.25, 0.3) is 14.2 Å². The summed E-state index contributed by atoms with van der Waals surface area (Å²) in [6.07, 6.45) is 1.70. The first-order valence-electron chi connectivity index (χ1n) is 6.44. The largest absolute Gasteiger partial charge is 0.297 e. The molecule has 1 heterocycles. The molecule has 108 valence electrons. The summed E-state index contributed by atoms with van der Waals surface area (Å²) in [7, 11) is 1.52. The maximum Gasteiger partial charge on any atom is 0.297 e. The smallest absolute Gasteiger partial charge is 0.269 e. The Bertz CT molecular complexity index is 679. The van der Waals surface area contributed by atoms with Crippen LogP contribution in [0.3, 0.4) is 0 Å². The fourth-order valence-corrected chi connectivity index (χ4v) is 3.03. The average Bonchev–Trinajstić information content (AvgIpc) is 2.86. The molecule has 0 saturated heterocycles. The molecule has 0 unspecified atom stereocenters. The number of nitrogens with zero attached hydrogens (tertiary/aromatic N) is 3. The fourth-order valence-electron chi connectivity index (χ4n) is 2.18. The first-order chi connectivity index (χ1) is 9.49. The maximum absolute atomic E-state index is 11.7. The van der Waals surface area contributed by atoms with Gasteiger partial charge in [0.1, 0.15) is 5.82 Å². The Morgan fingerprint density at radius 1 is 1.15 bits per heavy atom. The van der Waals surface area contributed by atoms with Crippen LogP contribution in [0.2, 0.25) is 0 Å². The van der Waals surface area contributed by atoms with Gasteiger partial charge < -0.3 is 0 Å². The van der Waals surface area contributed by atoms with E-state index in [4.69, 9.17) is 10.7 Å². The van der Waals surface area contributed by atoms with Crippen LogP contribution in [0.25, 0.3) is 5.69 Å². The van der Waals surface area contributed by atoms with Crippen LogP contribution >= 0.6 is 10.7 Å². The summed E-state index contributed by atoms with van der Waals surface area (Å²) >= 11 is 0. The Labute approximate surface area is 123 Å². The highest BCUT2D eigenvalue weighted by Crippen LogP contribution is 2.27. The zero-order valence-corrected chi connectivity index (χ0v) is 12.9. The van der Waals surface area contributed by atoms with Crippen LogP contribution in [0.5, 0.6) is 0 Å². The van der Waals surface area contributed by atoms with E-state index < -0.39 is 9.05 Å². The van der Waals surface area contributed by atoms with Crippen LogP contribution in [0, 0.1) is 0 Å². The number of para-hydroxylation sites is 1. The molecule has 7 heteroatoms. The Kier molecular flexibility index (Phi) is 4.45. The Morgan fingerprint density at radius 2 is 1.75 bits per heavy atom. The summed E-state index contributed by atoms with van der Waals surface area (Å²) in [6.45, 7) is 4.07. The minimum Gasteiger partial charge on any atom is -0.269 e. The van der Waals surface area contributed by atoms with Gasteiger partial charge in [-0.1, -0.05) is 32.0 Å². The number of halogens is 1. The van der Waals surface area contributed by atoms with Gasteiger partial charge in [-0.3, -0.25) is 4.57 Å². The van der Waals surface area contributed by atoms with E-state index in [9.17, 15) is 8.42 Å². The van der Waals surface area contributed by atoms with E-state index in [1.807, 2.05) is 32.0 Å². The second-order valence-electron chi connectivity index (χ2n) is 4.46. The van der Waals surface area contributed by atoms with Crippen molar-refractivity contribution in [3.63, 3.8) is 0 Å². The molecule has 0 aliphatic rings. The highest BCUT2D eigenvalue weighted by Gasteiger charge is 2.26. The lowest BCUT2D eigenvalue weighted by molar-refractivity contribution is 0.577. The molecule has 0 bridgehead atoms. The molecule has 0 saturated carbocycles. The fraction of sp³-hybridized carbons (Fsp3) is 0.385. The maximum atomic E-state index is 11.7. The van der Waals surface area contributed by atoms with Crippen molar-refractivity contribution in [1.29, 1.82) is 0 Å². The van der Waals surface area contributed by atoms with E-state index in [0.717, 1.165) is 12.8 Å². The third-order valence-corrected chi connectivity index (χ3v) is 4.36. The van der Waals surface area contributed by atoms with Crippen LogP contribution < -0.4 is 0 Å². The van der Waals surface area contributed by atoms with Crippen LogP contribution in [0.4, 0.5) is 0 Å². The summed E-state index contributed by atoms with van der Waals surface area (Å²) in [5.41, 5.74) is 0.693. The monoisotopic (exact) mass is 313 g/mol. The van der Waals surface area contributed by atoms with E-state index in [0.29, 0.717) is 11.5 Å². The van der Waals surface area contributed by atoms with Gasteiger partial charge in [-0.25, -0.2) is 8.42 Å². The highest BCUT2D eigenvalue weighted by molar-refractivity contribution is 8.13. The van der Waals surface area contributed by atoms with Crippen molar-refractivity contribution in [2.45, 2.75) is 37.8 Å². The van der Waals surface area contributed by atoms with Crippen molar-refractivity contribution in [1.82, 2.24) is 14.8 Å². The molecule has 0 aliphatic carbocycles. The van der Waals surface area contributed by atoms with Crippen molar-refractivity contribution >= 4 is 19.7 Å². The van der Waals surface area contributed by atoms with Crippen LogP contribution in [0.15, 0.2) is 35.5 Å². The Morgan fingerprint density at radius 3 is 2.25 bits per heavy atom. The Balaban J connectivity index is 2.70. The molecular weight excluding hydrogens is 298 g/mol. The highest BCUT2D eigenvalue weighted by atomic mass is 35.7. The summed E-state index contributed by atoms with van der Waals surface area (Å²) < 4.78 is 24.9. The lowest BCUT2D eigenvalue weighted by Gasteiger charge is -2.14. The summed E-state index contributed by atoms with van der Waals surface area (Å²) in [5, 5.41) is 7.59. The molecule has 0 aliphatic heterocycles. The zero-order chi connectivity index (χ0) is 14.8. The van der Waals surface area contributed by atoms with Crippen molar-refractivity contribution in [2.24, 2.45) is 0 Å². The number of benzene rings is 1. The number of rotatable bonds is 5. The van der Waals surface area contributed by atoms with E-state index in [-0.39, 0.29) is 11.1 Å². The summed E-state index contributed by atoms with van der Waals surface area (Å²) in [5.74, 6) is 0.760. The van der Waals surface area contributed by atoms with Crippen molar-refractivity contribution in [2.75, 3.05) is 0 Å². The van der Waals surface area contributed by atoms with Gasteiger partial charge in [-0.15, -0.1) is 10.2 Å². The van der Waals surface area contributed by atoms with E-state index in [1.54, 1.807) is 12.1 Å². The van der Waals surface area contributed by atoms with Gasteiger partial charge in [-0.2, -0.15) is 0 Å². The second-order valence-corrected chi connectivity index (χ2v) is 6.92. The van der Waals surface area contributed by atoms with Gasteiger partial charge in [-0.05, 0) is 25.0 Å². The van der Waals surface area contributed by atoms with Gasteiger partial charge in [0.15, 0.2) is 0 Å². The summed E-state index contributed by atoms with van der Waals surface area (Å²) in [6, 6.07) is 9.13. The molecular formula is C13H16ClN3O2S. The van der Waals surface area contributed by atoms with Crippen molar-refractivity contribution in [3.05, 3.63) is 36.2 Å². The molecule has 0 fully saturated rings. The first-order valence-corrected chi connectivity index (χ1v) is 8.75. The molecule has 2 aromatic rings. The summed E-state index contributed by atoms with van der Waals surface area (Å²) in [4.78, 5) is 0. The molecule has 0 spiro atoms. The van der Waals surface area contributed by atoms with E-state index in [2.05, 4.69) is 10.2 Å². The number of aromatic nitrogens is 3. The molecule has 20 heavy (non-hydrogen) atoms. The number of hydrogen-bond donors (Lipinski definition) is 0. The number of hydrogen-bond acceptors (Lipinski definition) is 4. The van der Waals surface area contributed by atoms with Crippen LogP contribution in [0.1, 0.15) is 38.4 Å². The first kappa shape index (κ1) is 15.0. The molecule has 5 nitrogen and oxygen atoms in total. The molecule has 2 rings (SSSR count). The lowest BCUT2D eigenvalue weighted by Crippen LogP contribution is -2.10. The van der Waals surface area contributed by atoms with E-state index in [1.165, 1.54) is 4.57 Å². The van der Waals surface area contributed by atoms with Crippen molar-refractivity contribution in [3.8, 4) is 5.69 Å². The van der Waals surface area contributed by atoms with Gasteiger partial charge >= 0.3 is 0 Å². The molecule has 0 amide bonds. The van der Waals surface area contributed by atoms with Crippen LogP contribution in [-0.2, 0) is 9.05 Å². The third-order valence-electron chi connectivity index (χ3n) is 3.24. The third kappa shape index (κ3) is 2.86. The van der Waals surface area contributed by atoms with Gasteiger partial charge in [0.05, 0.1) is 0 Å². The zero-order valence-electron chi connectivity index (χ0n) is 11.3. The molecule has 1 aromatic carbocycles. The quantitative estimate of drug-likeness (QED) is 0.796. The van der Waals surface area contributed by atoms with Crippen LogP contribution in [-0.4, -0.2) is 23.2 Å². The second kappa shape index (κ2) is 5.93. The average molecular weight is 314 g/mol. The lowest BCUT2D eigenvalue weighted by atomic mass is 10.0. The molecule has 1 aromatic heterocycles. The van der Waals surface area contributed by atoms with E-state index >= 15 is 0 Å². The molecule has 0 N–H and O–H groups in total.